The minimum absolute atomic E-state index is 0.113. The summed E-state index contributed by atoms with van der Waals surface area (Å²) in [7, 11) is 0. The number of hydrogen-bond donors (Lipinski definition) is 1. The van der Waals surface area contributed by atoms with Crippen LogP contribution < -0.4 is 5.32 Å². The Hall–Kier alpha value is -1.59. The van der Waals surface area contributed by atoms with E-state index in [1.165, 1.54) is 11.3 Å². The first-order valence-corrected chi connectivity index (χ1v) is 9.37. The van der Waals surface area contributed by atoms with Crippen molar-refractivity contribution in [3.05, 3.63) is 79.7 Å². The maximum absolute atomic E-state index is 12.1. The van der Waals surface area contributed by atoms with Gasteiger partial charge < -0.3 is 5.32 Å². The predicted octanol–water partition coefficient (Wildman–Crippen LogP) is 5.88. The van der Waals surface area contributed by atoms with Crippen LogP contribution in [0.3, 0.4) is 0 Å². The van der Waals surface area contributed by atoms with Crippen LogP contribution in [0.5, 0.6) is 0 Å². The monoisotopic (exact) mass is 410 g/mol. The number of halogens is 3. The van der Waals surface area contributed by atoms with Gasteiger partial charge in [-0.25, -0.2) is 4.98 Å². The second-order valence-electron chi connectivity index (χ2n) is 5.41. The van der Waals surface area contributed by atoms with Crippen LogP contribution in [-0.2, 0) is 17.6 Å². The third kappa shape index (κ3) is 5.19. The molecule has 1 heterocycles. The van der Waals surface area contributed by atoms with Crippen LogP contribution in [0.25, 0.3) is 0 Å². The van der Waals surface area contributed by atoms with Gasteiger partial charge in [-0.1, -0.05) is 53.0 Å². The number of nitrogens with zero attached hydrogens (tertiary/aromatic N) is 1. The lowest BCUT2D eigenvalue weighted by Gasteiger charge is -2.02. The van der Waals surface area contributed by atoms with Crippen molar-refractivity contribution in [2.75, 3.05) is 5.32 Å². The molecule has 0 saturated heterocycles. The molecule has 0 unspecified atom stereocenters. The first kappa shape index (κ1) is 18.2. The van der Waals surface area contributed by atoms with Crippen LogP contribution in [-0.4, -0.2) is 10.9 Å². The number of aromatic nitrogens is 1. The second-order valence-corrected chi connectivity index (χ2v) is 7.77. The molecule has 0 saturated carbocycles. The molecule has 0 radical (unpaired) electrons. The van der Waals surface area contributed by atoms with Gasteiger partial charge in [-0.05, 0) is 35.4 Å². The summed E-state index contributed by atoms with van der Waals surface area (Å²) >= 11 is 19.2. The topological polar surface area (TPSA) is 42.0 Å². The van der Waals surface area contributed by atoms with E-state index in [0.29, 0.717) is 26.6 Å². The zero-order valence-corrected chi connectivity index (χ0v) is 16.0. The quantitative estimate of drug-likeness (QED) is 0.570. The summed E-state index contributed by atoms with van der Waals surface area (Å²) < 4.78 is 0. The Morgan fingerprint density at radius 3 is 2.44 bits per heavy atom. The molecule has 1 aromatic heterocycles. The summed E-state index contributed by atoms with van der Waals surface area (Å²) in [6.45, 7) is 0. The van der Waals surface area contributed by atoms with Gasteiger partial charge in [0.2, 0.25) is 5.91 Å². The Labute approximate surface area is 164 Å². The molecule has 3 aromatic rings. The van der Waals surface area contributed by atoms with Crippen LogP contribution in [0, 0.1) is 0 Å². The molecule has 25 heavy (non-hydrogen) atoms. The van der Waals surface area contributed by atoms with Crippen molar-refractivity contribution in [3.8, 4) is 0 Å². The summed E-state index contributed by atoms with van der Waals surface area (Å²) in [5.41, 5.74) is 1.94. The van der Waals surface area contributed by atoms with Crippen LogP contribution >= 0.6 is 46.1 Å². The molecule has 1 amide bonds. The second kappa shape index (κ2) is 8.19. The Morgan fingerprint density at radius 2 is 1.72 bits per heavy atom. The highest BCUT2D eigenvalue weighted by Gasteiger charge is 2.09. The molecule has 3 nitrogen and oxygen atoms in total. The third-order valence-corrected chi connectivity index (χ3v) is 5.34. The van der Waals surface area contributed by atoms with Gasteiger partial charge in [-0.2, -0.15) is 0 Å². The van der Waals surface area contributed by atoms with Gasteiger partial charge in [0, 0.05) is 22.5 Å². The van der Waals surface area contributed by atoms with E-state index in [1.807, 2.05) is 24.3 Å². The normalized spacial score (nSPS) is 10.7. The summed E-state index contributed by atoms with van der Waals surface area (Å²) in [6.07, 6.45) is 2.71. The van der Waals surface area contributed by atoms with Crippen LogP contribution in [0.15, 0.2) is 48.7 Å². The first-order valence-electron chi connectivity index (χ1n) is 7.42. The predicted molar refractivity (Wildman–Crippen MR) is 105 cm³/mol. The fourth-order valence-electron chi connectivity index (χ4n) is 2.25. The number of carbonyl (C=O) groups is 1. The standard InChI is InChI=1S/C18H13Cl3N2OS/c19-13-4-1-11(2-5-13)9-17(24)23-18-22-10-14(25-18)7-12-3-6-15(20)16(21)8-12/h1-6,8,10H,7,9H2,(H,22,23,24). The number of amides is 1. The molecule has 128 valence electrons. The average Bonchev–Trinajstić information content (AvgIpc) is 3.00. The molecule has 0 spiro atoms. The summed E-state index contributed by atoms with van der Waals surface area (Å²) in [5, 5.41) is 5.11. The van der Waals surface area contributed by atoms with E-state index in [0.717, 1.165) is 16.0 Å². The van der Waals surface area contributed by atoms with Gasteiger partial charge in [0.15, 0.2) is 5.13 Å². The smallest absolute Gasteiger partial charge is 0.230 e. The Kier molecular flexibility index (Phi) is 5.97. The van der Waals surface area contributed by atoms with E-state index >= 15 is 0 Å². The zero-order valence-electron chi connectivity index (χ0n) is 12.9. The Balaban J connectivity index is 1.60. The van der Waals surface area contributed by atoms with Gasteiger partial charge in [-0.3, -0.25) is 4.79 Å². The number of anilines is 1. The van der Waals surface area contributed by atoms with Gasteiger partial charge >= 0.3 is 0 Å². The van der Waals surface area contributed by atoms with Crippen molar-refractivity contribution in [1.29, 1.82) is 0 Å². The fraction of sp³-hybridized carbons (Fsp3) is 0.111. The van der Waals surface area contributed by atoms with E-state index in [-0.39, 0.29) is 12.3 Å². The highest BCUT2D eigenvalue weighted by molar-refractivity contribution is 7.15. The zero-order chi connectivity index (χ0) is 17.8. The molecule has 7 heteroatoms. The van der Waals surface area contributed by atoms with Gasteiger partial charge in [0.25, 0.3) is 0 Å². The molecule has 0 aliphatic heterocycles. The van der Waals surface area contributed by atoms with E-state index < -0.39 is 0 Å². The largest absolute Gasteiger partial charge is 0.302 e. The maximum atomic E-state index is 12.1. The van der Waals surface area contributed by atoms with Gasteiger partial charge in [0.05, 0.1) is 16.5 Å². The molecule has 3 rings (SSSR count). The van der Waals surface area contributed by atoms with Gasteiger partial charge in [0.1, 0.15) is 0 Å². The number of rotatable bonds is 5. The number of benzene rings is 2. The van der Waals surface area contributed by atoms with Crippen molar-refractivity contribution < 1.29 is 4.79 Å². The molecule has 0 atom stereocenters. The molecule has 0 aliphatic rings. The molecule has 0 aliphatic carbocycles. The number of hydrogen-bond acceptors (Lipinski definition) is 3. The molecule has 0 fully saturated rings. The summed E-state index contributed by atoms with van der Waals surface area (Å²) in [6, 6.07) is 12.7. The van der Waals surface area contributed by atoms with Crippen molar-refractivity contribution in [1.82, 2.24) is 4.98 Å². The average molecular weight is 412 g/mol. The third-order valence-electron chi connectivity index (χ3n) is 3.44. The van der Waals surface area contributed by atoms with Gasteiger partial charge in [-0.15, -0.1) is 11.3 Å². The van der Waals surface area contributed by atoms with E-state index in [9.17, 15) is 4.79 Å². The fourth-order valence-corrected chi connectivity index (χ4v) is 3.56. The molecule has 2 aromatic carbocycles. The highest BCUT2D eigenvalue weighted by atomic mass is 35.5. The summed E-state index contributed by atoms with van der Waals surface area (Å²) in [5.74, 6) is -0.113. The molecule has 1 N–H and O–H groups in total. The van der Waals surface area contributed by atoms with Crippen molar-refractivity contribution in [3.63, 3.8) is 0 Å². The highest BCUT2D eigenvalue weighted by Crippen LogP contribution is 2.26. The van der Waals surface area contributed by atoms with Crippen molar-refractivity contribution in [2.45, 2.75) is 12.8 Å². The lowest BCUT2D eigenvalue weighted by Crippen LogP contribution is -2.13. The van der Waals surface area contributed by atoms with E-state index in [4.69, 9.17) is 34.8 Å². The number of thiazole rings is 1. The molecular formula is C18H13Cl3N2OS. The lowest BCUT2D eigenvalue weighted by molar-refractivity contribution is -0.115. The minimum Gasteiger partial charge on any atom is -0.302 e. The van der Waals surface area contributed by atoms with Crippen molar-refractivity contribution in [2.24, 2.45) is 0 Å². The molecular weight excluding hydrogens is 399 g/mol. The number of nitrogens with one attached hydrogen (secondary N) is 1. The maximum Gasteiger partial charge on any atom is 0.230 e. The molecule has 0 bridgehead atoms. The van der Waals surface area contributed by atoms with Crippen LogP contribution in [0.2, 0.25) is 15.1 Å². The number of carbonyl (C=O) groups excluding carboxylic acids is 1. The Morgan fingerprint density at radius 1 is 1.00 bits per heavy atom. The van der Waals surface area contributed by atoms with Crippen molar-refractivity contribution >= 4 is 57.2 Å². The summed E-state index contributed by atoms with van der Waals surface area (Å²) in [4.78, 5) is 17.4. The van der Waals surface area contributed by atoms with Crippen LogP contribution in [0.4, 0.5) is 5.13 Å². The van der Waals surface area contributed by atoms with E-state index in [1.54, 1.807) is 24.4 Å². The SMILES string of the molecule is O=C(Cc1ccc(Cl)cc1)Nc1ncc(Cc2ccc(Cl)c(Cl)c2)s1. The minimum atomic E-state index is -0.113. The van der Waals surface area contributed by atoms with E-state index in [2.05, 4.69) is 10.3 Å². The Bertz CT molecular complexity index is 894. The van der Waals surface area contributed by atoms with Crippen LogP contribution in [0.1, 0.15) is 16.0 Å². The first-order chi connectivity index (χ1) is 12.0. The lowest BCUT2D eigenvalue weighted by atomic mass is 10.1.